The fourth-order valence-corrected chi connectivity index (χ4v) is 5.67. The number of aromatic nitrogens is 3. The van der Waals surface area contributed by atoms with Crippen LogP contribution in [0.4, 0.5) is 0 Å². The number of aromatic amines is 1. The zero-order chi connectivity index (χ0) is 20.3. The van der Waals surface area contributed by atoms with Gasteiger partial charge in [-0.1, -0.05) is 11.8 Å². The van der Waals surface area contributed by atoms with Crippen LogP contribution in [0.15, 0.2) is 46.5 Å². The van der Waals surface area contributed by atoms with Crippen LogP contribution in [0.25, 0.3) is 16.7 Å². The third kappa shape index (κ3) is 4.89. The first-order valence-corrected chi connectivity index (χ1v) is 13.0. The molecule has 0 saturated heterocycles. The van der Waals surface area contributed by atoms with E-state index >= 15 is 0 Å². The average molecular weight is 442 g/mol. The van der Waals surface area contributed by atoms with E-state index in [2.05, 4.69) is 16.7 Å². The standard InChI is InChI=1S/C23H27N3O2S2/c27-22-21-20(10-11-24-21)25-23(30-13-1-12-29-15-17-4-5-17)26(22)18-6-8-19(9-7-18)28-14-16-2-3-16/h6-11,16-17,24H,1-5,12-15H2. The Morgan fingerprint density at radius 3 is 2.63 bits per heavy atom. The molecule has 0 radical (unpaired) electrons. The summed E-state index contributed by atoms with van der Waals surface area (Å²) in [5.41, 5.74) is 2.05. The number of rotatable bonds is 11. The maximum atomic E-state index is 13.2. The largest absolute Gasteiger partial charge is 0.493 e. The molecule has 2 saturated carbocycles. The summed E-state index contributed by atoms with van der Waals surface area (Å²) in [4.78, 5) is 21.0. The van der Waals surface area contributed by atoms with E-state index < -0.39 is 0 Å². The van der Waals surface area contributed by atoms with Crippen LogP contribution in [0.1, 0.15) is 32.1 Å². The highest BCUT2D eigenvalue weighted by atomic mass is 32.2. The molecular formula is C23H27N3O2S2. The van der Waals surface area contributed by atoms with Gasteiger partial charge in [0, 0.05) is 11.9 Å². The minimum atomic E-state index is -0.0535. The molecule has 2 aliphatic carbocycles. The second kappa shape index (κ2) is 9.10. The molecule has 0 unspecified atom stereocenters. The summed E-state index contributed by atoms with van der Waals surface area (Å²) in [6.45, 7) is 0.787. The second-order valence-electron chi connectivity index (χ2n) is 8.24. The summed E-state index contributed by atoms with van der Waals surface area (Å²) in [6.07, 6.45) is 8.28. The molecule has 0 bridgehead atoms. The zero-order valence-corrected chi connectivity index (χ0v) is 18.6. The van der Waals surface area contributed by atoms with Crippen molar-refractivity contribution in [2.24, 2.45) is 11.8 Å². The zero-order valence-electron chi connectivity index (χ0n) is 17.0. The maximum absolute atomic E-state index is 13.2. The van der Waals surface area contributed by atoms with Crippen LogP contribution in [-0.2, 0) is 0 Å². The van der Waals surface area contributed by atoms with Gasteiger partial charge in [-0.15, -0.1) is 0 Å². The number of hydrogen-bond donors (Lipinski definition) is 1. The third-order valence-electron chi connectivity index (χ3n) is 5.54. The minimum Gasteiger partial charge on any atom is -0.493 e. The number of ether oxygens (including phenoxy) is 1. The molecule has 0 aliphatic heterocycles. The van der Waals surface area contributed by atoms with Crippen LogP contribution in [0, 0.1) is 11.8 Å². The van der Waals surface area contributed by atoms with Crippen molar-refractivity contribution in [2.75, 3.05) is 23.9 Å². The molecule has 2 heterocycles. The molecular weight excluding hydrogens is 414 g/mol. The van der Waals surface area contributed by atoms with E-state index in [0.29, 0.717) is 5.52 Å². The predicted octanol–water partition coefficient (Wildman–Crippen LogP) is 5.13. The lowest BCUT2D eigenvalue weighted by molar-refractivity contribution is 0.300. The van der Waals surface area contributed by atoms with Crippen LogP contribution in [-0.4, -0.2) is 38.4 Å². The van der Waals surface area contributed by atoms with Gasteiger partial charge in [-0.05, 0) is 85.8 Å². The lowest BCUT2D eigenvalue weighted by Crippen LogP contribution is -2.21. The van der Waals surface area contributed by atoms with Crippen molar-refractivity contribution in [3.05, 3.63) is 46.9 Å². The molecule has 1 N–H and O–H groups in total. The van der Waals surface area contributed by atoms with Gasteiger partial charge < -0.3 is 9.72 Å². The summed E-state index contributed by atoms with van der Waals surface area (Å²) >= 11 is 3.73. The first-order valence-electron chi connectivity index (χ1n) is 10.8. The van der Waals surface area contributed by atoms with Crippen LogP contribution in [0.3, 0.4) is 0 Å². The predicted molar refractivity (Wildman–Crippen MR) is 125 cm³/mol. The molecule has 2 aliphatic rings. The number of H-pyrrole nitrogens is 1. The number of hydrogen-bond acceptors (Lipinski definition) is 5. The van der Waals surface area contributed by atoms with Crippen LogP contribution in [0.5, 0.6) is 5.75 Å². The smallest absolute Gasteiger partial charge is 0.283 e. The summed E-state index contributed by atoms with van der Waals surface area (Å²) in [7, 11) is 0. The highest BCUT2D eigenvalue weighted by molar-refractivity contribution is 8.00. The third-order valence-corrected chi connectivity index (χ3v) is 7.85. The normalized spacial score (nSPS) is 16.3. The fraction of sp³-hybridized carbons (Fsp3) is 0.478. The lowest BCUT2D eigenvalue weighted by Gasteiger charge is -2.13. The van der Waals surface area contributed by atoms with Crippen LogP contribution in [0.2, 0.25) is 0 Å². The van der Waals surface area contributed by atoms with E-state index in [-0.39, 0.29) is 5.56 Å². The summed E-state index contributed by atoms with van der Waals surface area (Å²) in [5, 5.41) is 0.756. The van der Waals surface area contributed by atoms with Gasteiger partial charge in [0.15, 0.2) is 5.16 Å². The van der Waals surface area contributed by atoms with Crippen molar-refractivity contribution in [1.29, 1.82) is 0 Å². The van der Waals surface area contributed by atoms with Gasteiger partial charge in [-0.25, -0.2) is 4.98 Å². The molecule has 0 atom stereocenters. The maximum Gasteiger partial charge on any atom is 0.283 e. The summed E-state index contributed by atoms with van der Waals surface area (Å²) < 4.78 is 7.57. The summed E-state index contributed by atoms with van der Waals surface area (Å²) in [6, 6.07) is 9.68. The van der Waals surface area contributed by atoms with E-state index in [0.717, 1.165) is 52.7 Å². The van der Waals surface area contributed by atoms with Gasteiger partial charge in [-0.3, -0.25) is 9.36 Å². The average Bonchev–Trinajstić information content (AvgIpc) is 3.69. The number of benzene rings is 1. The van der Waals surface area contributed by atoms with Crippen molar-refractivity contribution in [3.63, 3.8) is 0 Å². The van der Waals surface area contributed by atoms with E-state index in [1.54, 1.807) is 22.5 Å². The van der Waals surface area contributed by atoms with Crippen LogP contribution >= 0.6 is 23.5 Å². The molecule has 1 aromatic carbocycles. The molecule has 2 fully saturated rings. The van der Waals surface area contributed by atoms with E-state index in [1.165, 1.54) is 37.2 Å². The Kier molecular flexibility index (Phi) is 6.09. The fourth-order valence-electron chi connectivity index (χ4n) is 3.35. The van der Waals surface area contributed by atoms with Crippen molar-refractivity contribution >= 4 is 34.6 Å². The number of fused-ring (bicyclic) bond motifs is 1. The Morgan fingerprint density at radius 1 is 1.07 bits per heavy atom. The van der Waals surface area contributed by atoms with Crippen LogP contribution < -0.4 is 10.3 Å². The Morgan fingerprint density at radius 2 is 1.87 bits per heavy atom. The molecule has 5 rings (SSSR count). The number of thioether (sulfide) groups is 2. The van der Waals surface area contributed by atoms with Crippen molar-refractivity contribution in [2.45, 2.75) is 37.3 Å². The monoisotopic (exact) mass is 441 g/mol. The highest BCUT2D eigenvalue weighted by Gasteiger charge is 2.22. The first-order chi connectivity index (χ1) is 14.8. The number of nitrogens with zero attached hydrogens (tertiary/aromatic N) is 2. The van der Waals surface area contributed by atoms with Gasteiger partial charge >= 0.3 is 0 Å². The van der Waals surface area contributed by atoms with E-state index in [1.807, 2.05) is 30.3 Å². The van der Waals surface area contributed by atoms with Crippen molar-refractivity contribution < 1.29 is 4.74 Å². The Labute approximate surface area is 185 Å². The number of nitrogens with one attached hydrogen (secondary N) is 1. The SMILES string of the molecule is O=c1c2[nH]ccc2nc(SCCCSCC2CC2)n1-c1ccc(OCC2CC2)cc1. The topological polar surface area (TPSA) is 59.9 Å². The van der Waals surface area contributed by atoms with Crippen molar-refractivity contribution in [3.8, 4) is 11.4 Å². The Balaban J connectivity index is 1.31. The molecule has 5 nitrogen and oxygen atoms in total. The second-order valence-corrected chi connectivity index (χ2v) is 10.5. The van der Waals surface area contributed by atoms with Gasteiger partial charge in [0.1, 0.15) is 11.3 Å². The van der Waals surface area contributed by atoms with E-state index in [4.69, 9.17) is 9.72 Å². The molecule has 3 aromatic rings. The molecule has 158 valence electrons. The molecule has 2 aromatic heterocycles. The Bertz CT molecular complexity index is 1050. The quantitative estimate of drug-likeness (QED) is 0.254. The lowest BCUT2D eigenvalue weighted by atomic mass is 10.3. The first kappa shape index (κ1) is 20.1. The molecule has 0 amide bonds. The molecule has 7 heteroatoms. The molecule has 30 heavy (non-hydrogen) atoms. The van der Waals surface area contributed by atoms with Crippen molar-refractivity contribution in [1.82, 2.24) is 14.5 Å². The van der Waals surface area contributed by atoms with Gasteiger partial charge in [0.25, 0.3) is 5.56 Å². The minimum absolute atomic E-state index is 0.0535. The van der Waals surface area contributed by atoms with Gasteiger partial charge in [-0.2, -0.15) is 11.8 Å². The van der Waals surface area contributed by atoms with E-state index in [9.17, 15) is 4.79 Å². The highest BCUT2D eigenvalue weighted by Crippen LogP contribution is 2.33. The Hall–Kier alpha value is -1.86. The van der Waals surface area contributed by atoms with Gasteiger partial charge in [0.2, 0.25) is 0 Å². The summed E-state index contributed by atoms with van der Waals surface area (Å²) in [5.74, 6) is 5.99. The van der Waals surface area contributed by atoms with Gasteiger partial charge in [0.05, 0.1) is 17.8 Å². The molecule has 0 spiro atoms.